The van der Waals surface area contributed by atoms with Crippen molar-refractivity contribution in [3.05, 3.63) is 52.5 Å². The van der Waals surface area contributed by atoms with Crippen LogP contribution in [-0.2, 0) is 4.79 Å². The molecule has 126 valence electrons. The van der Waals surface area contributed by atoms with Gasteiger partial charge in [-0.3, -0.25) is 4.79 Å². The van der Waals surface area contributed by atoms with E-state index in [9.17, 15) is 4.79 Å². The van der Waals surface area contributed by atoms with Crippen molar-refractivity contribution < 1.29 is 19.0 Å². The lowest BCUT2D eigenvalue weighted by molar-refractivity contribution is -0.123. The van der Waals surface area contributed by atoms with Gasteiger partial charge < -0.3 is 14.2 Å². The number of rotatable bonds is 7. The van der Waals surface area contributed by atoms with Gasteiger partial charge in [0.05, 0.1) is 20.4 Å². The van der Waals surface area contributed by atoms with E-state index in [-0.39, 0.29) is 12.5 Å². The predicted octanol–water partition coefficient (Wildman–Crippen LogP) is 3.00. The van der Waals surface area contributed by atoms with Gasteiger partial charge in [0.25, 0.3) is 5.91 Å². The van der Waals surface area contributed by atoms with Crippen molar-refractivity contribution in [3.8, 4) is 17.2 Å². The van der Waals surface area contributed by atoms with Gasteiger partial charge in [-0.1, -0.05) is 22.0 Å². The van der Waals surface area contributed by atoms with E-state index in [4.69, 9.17) is 14.2 Å². The third-order valence-electron chi connectivity index (χ3n) is 3.01. The fourth-order valence-corrected chi connectivity index (χ4v) is 2.16. The van der Waals surface area contributed by atoms with Crippen LogP contribution in [0.4, 0.5) is 0 Å². The quantitative estimate of drug-likeness (QED) is 0.580. The molecule has 0 radical (unpaired) electrons. The monoisotopic (exact) mass is 392 g/mol. The second kappa shape index (κ2) is 8.93. The Hall–Kier alpha value is -2.54. The van der Waals surface area contributed by atoms with E-state index in [1.54, 1.807) is 44.6 Å². The van der Waals surface area contributed by atoms with Crippen LogP contribution >= 0.6 is 15.9 Å². The van der Waals surface area contributed by atoms with E-state index in [0.717, 1.165) is 4.47 Å². The Morgan fingerprint density at radius 1 is 1.17 bits per heavy atom. The Morgan fingerprint density at radius 3 is 2.58 bits per heavy atom. The first-order valence-electron chi connectivity index (χ1n) is 7.05. The zero-order chi connectivity index (χ0) is 17.4. The highest BCUT2D eigenvalue weighted by atomic mass is 79.9. The van der Waals surface area contributed by atoms with Crippen LogP contribution in [0.15, 0.2) is 52.0 Å². The van der Waals surface area contributed by atoms with Crippen molar-refractivity contribution in [3.63, 3.8) is 0 Å². The zero-order valence-corrected chi connectivity index (χ0v) is 14.9. The number of nitrogens with one attached hydrogen (secondary N) is 1. The number of benzene rings is 2. The molecule has 2 rings (SSSR count). The smallest absolute Gasteiger partial charge is 0.277 e. The molecular weight excluding hydrogens is 376 g/mol. The predicted molar refractivity (Wildman–Crippen MR) is 94.9 cm³/mol. The molecule has 7 heteroatoms. The number of hydrogen-bond acceptors (Lipinski definition) is 5. The van der Waals surface area contributed by atoms with Crippen LogP contribution in [0.5, 0.6) is 17.2 Å². The molecule has 0 saturated heterocycles. The van der Waals surface area contributed by atoms with E-state index < -0.39 is 0 Å². The van der Waals surface area contributed by atoms with Gasteiger partial charge in [0.15, 0.2) is 18.1 Å². The molecule has 1 amide bonds. The summed E-state index contributed by atoms with van der Waals surface area (Å²) in [6.45, 7) is -0.131. The number of ether oxygens (including phenoxy) is 3. The van der Waals surface area contributed by atoms with Crippen LogP contribution in [0.2, 0.25) is 0 Å². The summed E-state index contributed by atoms with van der Waals surface area (Å²) in [7, 11) is 3.10. The molecule has 1 N–H and O–H groups in total. The maximum Gasteiger partial charge on any atom is 0.277 e. The highest BCUT2D eigenvalue weighted by Crippen LogP contribution is 2.29. The number of hydrogen-bond donors (Lipinski definition) is 1. The topological polar surface area (TPSA) is 69.2 Å². The van der Waals surface area contributed by atoms with Gasteiger partial charge in [0.1, 0.15) is 5.75 Å². The highest BCUT2D eigenvalue weighted by molar-refractivity contribution is 9.10. The molecule has 2 aromatic rings. The molecule has 2 aromatic carbocycles. The number of carbonyl (C=O) groups excluding carboxylic acids is 1. The SMILES string of the molecule is COc1cccc(/C=N\NC(=O)COc2ccc(Br)cc2)c1OC. The lowest BCUT2D eigenvalue weighted by Gasteiger charge is -2.09. The maximum absolute atomic E-state index is 11.7. The van der Waals surface area contributed by atoms with Crippen molar-refractivity contribution in [2.45, 2.75) is 0 Å². The number of hydrazone groups is 1. The Labute approximate surface area is 148 Å². The molecule has 0 atom stereocenters. The minimum absolute atomic E-state index is 0.131. The fourth-order valence-electron chi connectivity index (χ4n) is 1.90. The van der Waals surface area contributed by atoms with Crippen molar-refractivity contribution in [1.82, 2.24) is 5.43 Å². The number of carbonyl (C=O) groups is 1. The van der Waals surface area contributed by atoms with Gasteiger partial charge in [-0.15, -0.1) is 0 Å². The molecule has 24 heavy (non-hydrogen) atoms. The third kappa shape index (κ3) is 4.99. The molecule has 0 aromatic heterocycles. The van der Waals surface area contributed by atoms with Crippen molar-refractivity contribution >= 4 is 28.1 Å². The lowest BCUT2D eigenvalue weighted by Crippen LogP contribution is -2.24. The van der Waals surface area contributed by atoms with Gasteiger partial charge in [-0.25, -0.2) is 5.43 Å². The molecule has 0 aliphatic rings. The fraction of sp³-hybridized carbons (Fsp3) is 0.176. The minimum atomic E-state index is -0.365. The normalized spacial score (nSPS) is 10.5. The summed E-state index contributed by atoms with van der Waals surface area (Å²) >= 11 is 3.33. The van der Waals surface area contributed by atoms with E-state index >= 15 is 0 Å². The third-order valence-corrected chi connectivity index (χ3v) is 3.54. The first-order valence-corrected chi connectivity index (χ1v) is 7.84. The van der Waals surface area contributed by atoms with Gasteiger partial charge >= 0.3 is 0 Å². The lowest BCUT2D eigenvalue weighted by atomic mass is 10.2. The molecule has 0 saturated carbocycles. The number of nitrogens with zero attached hydrogens (tertiary/aromatic N) is 1. The second-order valence-corrected chi connectivity index (χ2v) is 5.53. The van der Waals surface area contributed by atoms with Gasteiger partial charge in [-0.05, 0) is 36.4 Å². The largest absolute Gasteiger partial charge is 0.493 e. The van der Waals surface area contributed by atoms with Crippen molar-refractivity contribution in [2.24, 2.45) is 5.10 Å². The second-order valence-electron chi connectivity index (χ2n) is 4.62. The molecule has 0 bridgehead atoms. The van der Waals surface area contributed by atoms with Crippen molar-refractivity contribution in [1.29, 1.82) is 0 Å². The summed E-state index contributed by atoms with van der Waals surface area (Å²) < 4.78 is 16.8. The number of amides is 1. The first kappa shape index (κ1) is 17.8. The number of para-hydroxylation sites is 1. The molecule has 0 aliphatic carbocycles. The molecule has 0 aliphatic heterocycles. The summed E-state index contributed by atoms with van der Waals surface area (Å²) in [6, 6.07) is 12.6. The average Bonchev–Trinajstić information content (AvgIpc) is 2.61. The average molecular weight is 393 g/mol. The highest BCUT2D eigenvalue weighted by Gasteiger charge is 2.07. The summed E-state index contributed by atoms with van der Waals surface area (Å²) in [5, 5.41) is 3.90. The van der Waals surface area contributed by atoms with Crippen LogP contribution in [0.25, 0.3) is 0 Å². The Kier molecular flexibility index (Phi) is 6.62. The maximum atomic E-state index is 11.7. The first-order chi connectivity index (χ1) is 11.6. The van der Waals surface area contributed by atoms with E-state index in [1.807, 2.05) is 12.1 Å². The Bertz CT molecular complexity index is 717. The van der Waals surface area contributed by atoms with E-state index in [0.29, 0.717) is 22.8 Å². The van der Waals surface area contributed by atoms with Crippen LogP contribution in [0.3, 0.4) is 0 Å². The van der Waals surface area contributed by atoms with Crippen LogP contribution in [-0.4, -0.2) is 32.9 Å². The standard InChI is InChI=1S/C17H17BrN2O4/c1-22-15-5-3-4-12(17(15)23-2)10-19-20-16(21)11-24-14-8-6-13(18)7-9-14/h3-10H,11H2,1-2H3,(H,20,21)/b19-10-. The van der Waals surface area contributed by atoms with Crippen LogP contribution in [0, 0.1) is 0 Å². The minimum Gasteiger partial charge on any atom is -0.493 e. The van der Waals surface area contributed by atoms with Crippen LogP contribution < -0.4 is 19.6 Å². The van der Waals surface area contributed by atoms with Gasteiger partial charge in [-0.2, -0.15) is 5.10 Å². The molecule has 0 spiro atoms. The summed E-state index contributed by atoms with van der Waals surface area (Å²) in [6.07, 6.45) is 1.49. The zero-order valence-electron chi connectivity index (χ0n) is 13.3. The molecular formula is C17H17BrN2O4. The summed E-state index contributed by atoms with van der Waals surface area (Å²) in [5.41, 5.74) is 3.09. The molecule has 6 nitrogen and oxygen atoms in total. The van der Waals surface area contributed by atoms with E-state index in [1.165, 1.54) is 6.21 Å². The Balaban J connectivity index is 1.89. The van der Waals surface area contributed by atoms with Crippen LogP contribution in [0.1, 0.15) is 5.56 Å². The number of methoxy groups -OCH3 is 2. The van der Waals surface area contributed by atoms with Gasteiger partial charge in [0.2, 0.25) is 0 Å². The summed E-state index contributed by atoms with van der Waals surface area (Å²) in [4.78, 5) is 11.7. The van der Waals surface area contributed by atoms with E-state index in [2.05, 4.69) is 26.5 Å². The Morgan fingerprint density at radius 2 is 1.92 bits per heavy atom. The molecule has 0 heterocycles. The number of halogens is 1. The molecule has 0 fully saturated rings. The molecule has 0 unspecified atom stereocenters. The van der Waals surface area contributed by atoms with Gasteiger partial charge in [0, 0.05) is 10.0 Å². The van der Waals surface area contributed by atoms with Crippen molar-refractivity contribution in [2.75, 3.05) is 20.8 Å². The summed E-state index contributed by atoms with van der Waals surface area (Å²) in [5.74, 6) is 1.37.